The van der Waals surface area contributed by atoms with Gasteiger partial charge in [-0.2, -0.15) is 0 Å². The Morgan fingerprint density at radius 3 is 2.81 bits per heavy atom. The Kier molecular flexibility index (Phi) is 5.39. The number of halogens is 1. The number of benzene rings is 1. The summed E-state index contributed by atoms with van der Waals surface area (Å²) in [7, 11) is 0. The standard InChI is InChI=1S/C16H21N3O.ClH/c1-12(17)14-7-8-19(9-14)10-15-11-20-16(18-15)13-5-3-2-4-6-13;/h2-6,11-12,14H,7-10,17H2,1H3;1H. The van der Waals surface area contributed by atoms with Crippen molar-refractivity contribution in [2.75, 3.05) is 13.1 Å². The lowest BCUT2D eigenvalue weighted by molar-refractivity contribution is 0.305. The SMILES string of the molecule is CC(N)C1CCN(Cc2coc(-c3ccccc3)n2)C1.Cl. The normalized spacial score (nSPS) is 20.2. The minimum atomic E-state index is 0. The Morgan fingerprint density at radius 2 is 2.14 bits per heavy atom. The van der Waals surface area contributed by atoms with Crippen molar-refractivity contribution in [1.82, 2.24) is 9.88 Å². The predicted molar refractivity (Wildman–Crippen MR) is 86.2 cm³/mol. The summed E-state index contributed by atoms with van der Waals surface area (Å²) in [5.41, 5.74) is 7.99. The van der Waals surface area contributed by atoms with Crippen LogP contribution < -0.4 is 5.73 Å². The summed E-state index contributed by atoms with van der Waals surface area (Å²) in [6.45, 7) is 5.10. The van der Waals surface area contributed by atoms with Crippen LogP contribution in [0.15, 0.2) is 41.0 Å². The molecule has 1 aliphatic heterocycles. The lowest BCUT2D eigenvalue weighted by atomic mass is 10.0. The fourth-order valence-corrected chi connectivity index (χ4v) is 2.76. The lowest BCUT2D eigenvalue weighted by Crippen LogP contribution is -2.29. The molecule has 1 saturated heterocycles. The minimum absolute atomic E-state index is 0. The molecule has 0 amide bonds. The van der Waals surface area contributed by atoms with Gasteiger partial charge in [0.05, 0.1) is 5.69 Å². The zero-order chi connectivity index (χ0) is 13.9. The topological polar surface area (TPSA) is 55.3 Å². The van der Waals surface area contributed by atoms with Gasteiger partial charge in [-0.15, -0.1) is 12.4 Å². The average molecular weight is 308 g/mol. The molecule has 1 fully saturated rings. The van der Waals surface area contributed by atoms with Gasteiger partial charge in [0.2, 0.25) is 5.89 Å². The highest BCUT2D eigenvalue weighted by atomic mass is 35.5. The molecule has 0 bridgehead atoms. The number of oxazole rings is 1. The summed E-state index contributed by atoms with van der Waals surface area (Å²) in [5.74, 6) is 1.30. The molecule has 0 aliphatic carbocycles. The highest BCUT2D eigenvalue weighted by Gasteiger charge is 2.25. The van der Waals surface area contributed by atoms with Gasteiger partial charge in [-0.3, -0.25) is 4.90 Å². The van der Waals surface area contributed by atoms with E-state index in [1.165, 1.54) is 6.42 Å². The van der Waals surface area contributed by atoms with Crippen LogP contribution in [0.4, 0.5) is 0 Å². The van der Waals surface area contributed by atoms with Gasteiger partial charge in [-0.1, -0.05) is 18.2 Å². The summed E-state index contributed by atoms with van der Waals surface area (Å²) < 4.78 is 5.57. The number of hydrogen-bond donors (Lipinski definition) is 1. The molecule has 4 nitrogen and oxygen atoms in total. The van der Waals surface area contributed by atoms with E-state index in [4.69, 9.17) is 10.2 Å². The zero-order valence-corrected chi connectivity index (χ0v) is 13.1. The van der Waals surface area contributed by atoms with E-state index in [-0.39, 0.29) is 18.4 Å². The minimum Gasteiger partial charge on any atom is -0.444 e. The molecule has 5 heteroatoms. The van der Waals surface area contributed by atoms with Crippen molar-refractivity contribution >= 4 is 12.4 Å². The van der Waals surface area contributed by atoms with E-state index in [0.29, 0.717) is 11.8 Å². The van der Waals surface area contributed by atoms with Crippen LogP contribution in [0.5, 0.6) is 0 Å². The maximum Gasteiger partial charge on any atom is 0.226 e. The molecule has 3 rings (SSSR count). The van der Waals surface area contributed by atoms with Crippen LogP contribution in [0.1, 0.15) is 19.0 Å². The van der Waals surface area contributed by atoms with Crippen molar-refractivity contribution in [3.8, 4) is 11.5 Å². The van der Waals surface area contributed by atoms with Crippen LogP contribution in [-0.2, 0) is 6.54 Å². The maximum atomic E-state index is 5.97. The number of nitrogens with two attached hydrogens (primary N) is 1. The van der Waals surface area contributed by atoms with Crippen LogP contribution in [0.2, 0.25) is 0 Å². The molecule has 2 heterocycles. The van der Waals surface area contributed by atoms with E-state index in [9.17, 15) is 0 Å². The number of nitrogens with zero attached hydrogens (tertiary/aromatic N) is 2. The van der Waals surface area contributed by atoms with Gasteiger partial charge in [-0.05, 0) is 37.9 Å². The van der Waals surface area contributed by atoms with Gasteiger partial charge in [0.1, 0.15) is 6.26 Å². The van der Waals surface area contributed by atoms with Crippen molar-refractivity contribution in [3.63, 3.8) is 0 Å². The van der Waals surface area contributed by atoms with Crippen molar-refractivity contribution in [1.29, 1.82) is 0 Å². The third-order valence-corrected chi connectivity index (χ3v) is 4.01. The molecule has 1 aromatic carbocycles. The Labute approximate surface area is 131 Å². The smallest absolute Gasteiger partial charge is 0.226 e. The molecule has 21 heavy (non-hydrogen) atoms. The quantitative estimate of drug-likeness (QED) is 0.943. The van der Waals surface area contributed by atoms with Gasteiger partial charge < -0.3 is 10.2 Å². The Hall–Kier alpha value is -1.36. The molecule has 2 N–H and O–H groups in total. The highest BCUT2D eigenvalue weighted by molar-refractivity contribution is 5.85. The van der Waals surface area contributed by atoms with Crippen molar-refractivity contribution in [3.05, 3.63) is 42.3 Å². The van der Waals surface area contributed by atoms with Crippen molar-refractivity contribution in [2.45, 2.75) is 25.9 Å². The largest absolute Gasteiger partial charge is 0.444 e. The monoisotopic (exact) mass is 307 g/mol. The van der Waals surface area contributed by atoms with E-state index >= 15 is 0 Å². The van der Waals surface area contributed by atoms with E-state index in [1.807, 2.05) is 30.3 Å². The molecule has 2 aromatic rings. The van der Waals surface area contributed by atoms with Gasteiger partial charge in [0, 0.05) is 24.7 Å². The van der Waals surface area contributed by atoms with Gasteiger partial charge in [0.25, 0.3) is 0 Å². The first kappa shape index (κ1) is 16.0. The van der Waals surface area contributed by atoms with Gasteiger partial charge in [-0.25, -0.2) is 4.98 Å². The summed E-state index contributed by atoms with van der Waals surface area (Å²) in [4.78, 5) is 6.98. The molecule has 0 saturated carbocycles. The average Bonchev–Trinajstić information content (AvgIpc) is 3.10. The Balaban J connectivity index is 0.00000161. The second-order valence-electron chi connectivity index (χ2n) is 5.65. The second-order valence-corrected chi connectivity index (χ2v) is 5.65. The summed E-state index contributed by atoms with van der Waals surface area (Å²) in [6.07, 6.45) is 2.95. The molecule has 2 atom stereocenters. The molecule has 0 spiro atoms. The van der Waals surface area contributed by atoms with E-state index in [2.05, 4.69) is 16.8 Å². The first-order valence-corrected chi connectivity index (χ1v) is 7.20. The van der Waals surface area contributed by atoms with Crippen molar-refractivity contribution in [2.24, 2.45) is 11.7 Å². The molecule has 2 unspecified atom stereocenters. The zero-order valence-electron chi connectivity index (χ0n) is 12.2. The first-order chi connectivity index (χ1) is 9.72. The van der Waals surface area contributed by atoms with Gasteiger partial charge >= 0.3 is 0 Å². The fourth-order valence-electron chi connectivity index (χ4n) is 2.76. The first-order valence-electron chi connectivity index (χ1n) is 7.20. The number of aromatic nitrogens is 1. The van der Waals surface area contributed by atoms with Crippen LogP contribution in [-0.4, -0.2) is 29.0 Å². The van der Waals surface area contributed by atoms with E-state index in [1.54, 1.807) is 6.26 Å². The Bertz CT molecular complexity index is 556. The number of likely N-dealkylation sites (tertiary alicyclic amines) is 1. The van der Waals surface area contributed by atoms with E-state index < -0.39 is 0 Å². The summed E-state index contributed by atoms with van der Waals surface area (Å²) in [5, 5.41) is 0. The third-order valence-electron chi connectivity index (χ3n) is 4.01. The lowest BCUT2D eigenvalue weighted by Gasteiger charge is -2.16. The molecule has 0 radical (unpaired) electrons. The molecule has 1 aromatic heterocycles. The second kappa shape index (κ2) is 7.07. The highest BCUT2D eigenvalue weighted by Crippen LogP contribution is 2.22. The summed E-state index contributed by atoms with van der Waals surface area (Å²) >= 11 is 0. The molecular formula is C16H22ClN3O. The molecule has 1 aliphatic rings. The Morgan fingerprint density at radius 1 is 1.38 bits per heavy atom. The third kappa shape index (κ3) is 3.84. The molecular weight excluding hydrogens is 286 g/mol. The van der Waals surface area contributed by atoms with E-state index in [0.717, 1.165) is 30.9 Å². The van der Waals surface area contributed by atoms with Crippen LogP contribution in [0, 0.1) is 5.92 Å². The predicted octanol–water partition coefficient (Wildman–Crippen LogP) is 2.93. The molecule has 114 valence electrons. The van der Waals surface area contributed by atoms with Gasteiger partial charge in [0.15, 0.2) is 0 Å². The maximum absolute atomic E-state index is 5.97. The van der Waals surface area contributed by atoms with Crippen LogP contribution in [0.25, 0.3) is 11.5 Å². The number of rotatable bonds is 4. The fraction of sp³-hybridized carbons (Fsp3) is 0.438. The van der Waals surface area contributed by atoms with Crippen LogP contribution in [0.3, 0.4) is 0 Å². The van der Waals surface area contributed by atoms with Crippen LogP contribution >= 0.6 is 12.4 Å². The number of hydrogen-bond acceptors (Lipinski definition) is 4. The summed E-state index contributed by atoms with van der Waals surface area (Å²) in [6, 6.07) is 10.3. The van der Waals surface area contributed by atoms with Crippen molar-refractivity contribution < 1.29 is 4.42 Å².